The Kier molecular flexibility index (Phi) is 7.20. The van der Waals surface area contributed by atoms with Gasteiger partial charge in [0.05, 0.1) is 0 Å². The van der Waals surface area contributed by atoms with Crippen molar-refractivity contribution in [1.82, 2.24) is 10.2 Å². The number of nitrogens with zero attached hydrogens (tertiary/aromatic N) is 1. The Morgan fingerprint density at radius 1 is 1.22 bits per heavy atom. The lowest BCUT2D eigenvalue weighted by molar-refractivity contribution is 0.130. The van der Waals surface area contributed by atoms with Gasteiger partial charge in [0.1, 0.15) is 0 Å². The summed E-state index contributed by atoms with van der Waals surface area (Å²) in [4.78, 5) is 2.50. The number of aliphatic hydroxyl groups excluding tert-OH is 1. The number of nitrogens with one attached hydrogen (secondary N) is 1. The van der Waals surface area contributed by atoms with Crippen LogP contribution in [0.4, 0.5) is 0 Å². The molecule has 0 amide bonds. The Bertz CT molecular complexity index is 213. The minimum absolute atomic E-state index is 0.308. The van der Waals surface area contributed by atoms with Crippen molar-refractivity contribution in [2.45, 2.75) is 58.9 Å². The summed E-state index contributed by atoms with van der Waals surface area (Å²) in [6.45, 7) is 11.6. The third-order valence-corrected chi connectivity index (χ3v) is 4.48. The normalized spacial score (nSPS) is 16.5. The molecule has 0 aromatic heterocycles. The lowest BCUT2D eigenvalue weighted by atomic mass is 9.81. The first-order chi connectivity index (χ1) is 8.69. The van der Waals surface area contributed by atoms with Crippen molar-refractivity contribution in [2.75, 3.05) is 32.8 Å². The van der Waals surface area contributed by atoms with Crippen LogP contribution in [-0.2, 0) is 0 Å². The van der Waals surface area contributed by atoms with E-state index in [-0.39, 0.29) is 0 Å². The zero-order valence-electron chi connectivity index (χ0n) is 12.5. The highest BCUT2D eigenvalue weighted by Crippen LogP contribution is 2.29. The van der Waals surface area contributed by atoms with E-state index in [0.717, 1.165) is 38.6 Å². The minimum atomic E-state index is 0.308. The maximum atomic E-state index is 8.97. The number of rotatable bonds is 11. The highest BCUT2D eigenvalue weighted by atomic mass is 16.3. The lowest BCUT2D eigenvalue weighted by Gasteiger charge is -2.37. The molecule has 3 heteroatoms. The summed E-state index contributed by atoms with van der Waals surface area (Å²) >= 11 is 0. The summed E-state index contributed by atoms with van der Waals surface area (Å²) < 4.78 is 0. The van der Waals surface area contributed by atoms with Crippen LogP contribution in [0, 0.1) is 5.41 Å². The van der Waals surface area contributed by atoms with E-state index in [9.17, 15) is 0 Å². The van der Waals surface area contributed by atoms with Gasteiger partial charge in [-0.15, -0.1) is 0 Å². The molecule has 0 saturated heterocycles. The van der Waals surface area contributed by atoms with E-state index in [2.05, 4.69) is 31.0 Å². The van der Waals surface area contributed by atoms with Crippen LogP contribution in [-0.4, -0.2) is 48.8 Å². The average molecular weight is 256 g/mol. The van der Waals surface area contributed by atoms with Gasteiger partial charge < -0.3 is 15.3 Å². The molecule has 0 heterocycles. The minimum Gasteiger partial charge on any atom is -0.396 e. The molecular formula is C15H32N2O. The van der Waals surface area contributed by atoms with Crippen LogP contribution in [0.3, 0.4) is 0 Å². The van der Waals surface area contributed by atoms with Crippen LogP contribution in [0.2, 0.25) is 0 Å². The van der Waals surface area contributed by atoms with Gasteiger partial charge in [0, 0.05) is 32.3 Å². The fraction of sp³-hybridized carbons (Fsp3) is 1.00. The van der Waals surface area contributed by atoms with Crippen molar-refractivity contribution in [3.8, 4) is 0 Å². The number of hydrogen-bond acceptors (Lipinski definition) is 3. The highest BCUT2D eigenvalue weighted by Gasteiger charge is 2.31. The van der Waals surface area contributed by atoms with Crippen molar-refractivity contribution in [3.05, 3.63) is 0 Å². The van der Waals surface area contributed by atoms with E-state index >= 15 is 0 Å². The molecule has 1 aliphatic rings. The Balaban J connectivity index is 2.45. The van der Waals surface area contributed by atoms with E-state index in [4.69, 9.17) is 5.11 Å². The van der Waals surface area contributed by atoms with Crippen LogP contribution in [0.15, 0.2) is 0 Å². The van der Waals surface area contributed by atoms with Crippen LogP contribution < -0.4 is 5.32 Å². The van der Waals surface area contributed by atoms with Gasteiger partial charge in [-0.1, -0.05) is 20.8 Å². The molecule has 2 N–H and O–H groups in total. The van der Waals surface area contributed by atoms with Crippen molar-refractivity contribution < 1.29 is 5.11 Å². The molecule has 1 aliphatic carbocycles. The summed E-state index contributed by atoms with van der Waals surface area (Å²) in [5.74, 6) is 0. The first-order valence-corrected chi connectivity index (χ1v) is 7.76. The van der Waals surface area contributed by atoms with E-state index in [1.807, 2.05) is 0 Å². The number of aliphatic hydroxyl groups is 1. The SMILES string of the molecule is CCN(CCCO)CC(CC)(CC)CNC1CC1. The molecule has 0 spiro atoms. The molecule has 1 saturated carbocycles. The fourth-order valence-electron chi connectivity index (χ4n) is 2.55. The summed E-state index contributed by atoms with van der Waals surface area (Å²) in [5, 5.41) is 12.7. The molecule has 0 atom stereocenters. The first kappa shape index (κ1) is 15.9. The predicted molar refractivity (Wildman–Crippen MR) is 77.9 cm³/mol. The van der Waals surface area contributed by atoms with Crippen LogP contribution in [0.5, 0.6) is 0 Å². The molecule has 108 valence electrons. The summed E-state index contributed by atoms with van der Waals surface area (Å²) in [6.07, 6.45) is 6.10. The molecule has 0 aromatic rings. The van der Waals surface area contributed by atoms with Gasteiger partial charge >= 0.3 is 0 Å². The highest BCUT2D eigenvalue weighted by molar-refractivity contribution is 4.88. The summed E-state index contributed by atoms with van der Waals surface area (Å²) in [6, 6.07) is 0.801. The molecule has 0 aliphatic heterocycles. The van der Waals surface area contributed by atoms with Crippen LogP contribution in [0.25, 0.3) is 0 Å². The molecule has 0 radical (unpaired) electrons. The topological polar surface area (TPSA) is 35.5 Å². The van der Waals surface area contributed by atoms with Gasteiger partial charge in [0.25, 0.3) is 0 Å². The van der Waals surface area contributed by atoms with Gasteiger partial charge in [-0.3, -0.25) is 0 Å². The van der Waals surface area contributed by atoms with Gasteiger partial charge in [0.2, 0.25) is 0 Å². The zero-order chi connectivity index (χ0) is 13.4. The Morgan fingerprint density at radius 2 is 1.89 bits per heavy atom. The second kappa shape index (κ2) is 8.13. The summed E-state index contributed by atoms with van der Waals surface area (Å²) in [5.41, 5.74) is 0.411. The Morgan fingerprint density at radius 3 is 2.33 bits per heavy atom. The average Bonchev–Trinajstić information content (AvgIpc) is 3.23. The standard InChI is InChI=1S/C15H32N2O/c1-4-15(5-2,12-16-14-8-9-14)13-17(6-3)10-7-11-18/h14,16,18H,4-13H2,1-3H3. The molecule has 18 heavy (non-hydrogen) atoms. The molecular weight excluding hydrogens is 224 g/mol. The quantitative estimate of drug-likeness (QED) is 0.595. The second-order valence-electron chi connectivity index (χ2n) is 5.81. The Labute approximate surface area is 113 Å². The van der Waals surface area contributed by atoms with Crippen LogP contribution >= 0.6 is 0 Å². The van der Waals surface area contributed by atoms with E-state index < -0.39 is 0 Å². The third kappa shape index (κ3) is 5.25. The monoisotopic (exact) mass is 256 g/mol. The lowest BCUT2D eigenvalue weighted by Crippen LogP contribution is -2.44. The van der Waals surface area contributed by atoms with Gasteiger partial charge in [-0.25, -0.2) is 0 Å². The smallest absolute Gasteiger partial charge is 0.0443 e. The molecule has 0 aromatic carbocycles. The number of hydrogen-bond donors (Lipinski definition) is 2. The van der Waals surface area contributed by atoms with Crippen molar-refractivity contribution in [1.29, 1.82) is 0 Å². The van der Waals surface area contributed by atoms with Crippen LogP contribution in [0.1, 0.15) is 52.9 Å². The molecule has 3 nitrogen and oxygen atoms in total. The third-order valence-electron chi connectivity index (χ3n) is 4.48. The van der Waals surface area contributed by atoms with E-state index in [1.165, 1.54) is 25.7 Å². The van der Waals surface area contributed by atoms with Gasteiger partial charge in [0.15, 0.2) is 0 Å². The first-order valence-electron chi connectivity index (χ1n) is 7.76. The molecule has 0 bridgehead atoms. The van der Waals surface area contributed by atoms with E-state index in [1.54, 1.807) is 0 Å². The molecule has 0 unspecified atom stereocenters. The van der Waals surface area contributed by atoms with E-state index in [0.29, 0.717) is 12.0 Å². The Hall–Kier alpha value is -0.120. The molecule has 1 fully saturated rings. The maximum Gasteiger partial charge on any atom is 0.0443 e. The second-order valence-corrected chi connectivity index (χ2v) is 5.81. The fourth-order valence-corrected chi connectivity index (χ4v) is 2.55. The predicted octanol–water partition coefficient (Wildman–Crippen LogP) is 2.25. The van der Waals surface area contributed by atoms with Gasteiger partial charge in [-0.05, 0) is 44.1 Å². The molecule has 1 rings (SSSR count). The van der Waals surface area contributed by atoms with Crippen molar-refractivity contribution >= 4 is 0 Å². The summed E-state index contributed by atoms with van der Waals surface area (Å²) in [7, 11) is 0. The van der Waals surface area contributed by atoms with Crippen molar-refractivity contribution in [3.63, 3.8) is 0 Å². The van der Waals surface area contributed by atoms with Gasteiger partial charge in [-0.2, -0.15) is 0 Å². The largest absolute Gasteiger partial charge is 0.396 e. The maximum absolute atomic E-state index is 8.97. The van der Waals surface area contributed by atoms with Crippen molar-refractivity contribution in [2.24, 2.45) is 5.41 Å². The zero-order valence-corrected chi connectivity index (χ0v) is 12.5.